The lowest BCUT2D eigenvalue weighted by Crippen LogP contribution is -2.12. The summed E-state index contributed by atoms with van der Waals surface area (Å²) >= 11 is 3.42. The van der Waals surface area contributed by atoms with E-state index in [0.717, 1.165) is 28.6 Å². The summed E-state index contributed by atoms with van der Waals surface area (Å²) in [5, 5.41) is 13.4. The second-order valence-corrected chi connectivity index (χ2v) is 5.81. The standard InChI is InChI=1S/C17H20BrNO/c1-2-4-13-7-9-16(10-8-13)19-12-17(20)14-5-3-6-15(18)11-14/h3,5-11,17,19-20H,2,4,12H2,1H3. The summed E-state index contributed by atoms with van der Waals surface area (Å²) in [4.78, 5) is 0. The van der Waals surface area contributed by atoms with Crippen molar-refractivity contribution < 1.29 is 5.11 Å². The molecule has 0 saturated heterocycles. The maximum absolute atomic E-state index is 10.2. The monoisotopic (exact) mass is 333 g/mol. The third kappa shape index (κ3) is 4.36. The summed E-state index contributed by atoms with van der Waals surface area (Å²) in [5.74, 6) is 0. The summed E-state index contributed by atoms with van der Waals surface area (Å²) < 4.78 is 0.984. The number of rotatable bonds is 6. The van der Waals surface area contributed by atoms with Gasteiger partial charge in [-0.3, -0.25) is 0 Å². The van der Waals surface area contributed by atoms with Gasteiger partial charge in [-0.15, -0.1) is 0 Å². The molecule has 2 rings (SSSR count). The van der Waals surface area contributed by atoms with Crippen molar-refractivity contribution in [3.63, 3.8) is 0 Å². The van der Waals surface area contributed by atoms with Crippen LogP contribution in [0.15, 0.2) is 53.0 Å². The van der Waals surface area contributed by atoms with Crippen LogP contribution in [0.5, 0.6) is 0 Å². The van der Waals surface area contributed by atoms with Crippen LogP contribution in [0, 0.1) is 0 Å². The first kappa shape index (κ1) is 15.1. The highest BCUT2D eigenvalue weighted by atomic mass is 79.9. The van der Waals surface area contributed by atoms with Crippen molar-refractivity contribution in [1.82, 2.24) is 0 Å². The summed E-state index contributed by atoms with van der Waals surface area (Å²) in [6, 6.07) is 16.2. The summed E-state index contributed by atoms with van der Waals surface area (Å²) in [7, 11) is 0. The Morgan fingerprint density at radius 3 is 2.55 bits per heavy atom. The lowest BCUT2D eigenvalue weighted by molar-refractivity contribution is 0.191. The van der Waals surface area contributed by atoms with Gasteiger partial charge < -0.3 is 10.4 Å². The number of hydrogen-bond donors (Lipinski definition) is 2. The minimum absolute atomic E-state index is 0.504. The van der Waals surface area contributed by atoms with E-state index in [2.05, 4.69) is 52.4 Å². The molecule has 0 aliphatic heterocycles. The predicted molar refractivity (Wildman–Crippen MR) is 88.0 cm³/mol. The van der Waals surface area contributed by atoms with Crippen LogP contribution in [0.2, 0.25) is 0 Å². The molecule has 2 aromatic rings. The van der Waals surface area contributed by atoms with Gasteiger partial charge in [0.15, 0.2) is 0 Å². The van der Waals surface area contributed by atoms with Gasteiger partial charge in [0.25, 0.3) is 0 Å². The number of aliphatic hydroxyl groups is 1. The molecule has 0 bridgehead atoms. The maximum Gasteiger partial charge on any atom is 0.0962 e. The second-order valence-electron chi connectivity index (χ2n) is 4.90. The van der Waals surface area contributed by atoms with E-state index in [1.807, 2.05) is 24.3 Å². The fourth-order valence-electron chi connectivity index (χ4n) is 2.12. The molecule has 2 N–H and O–H groups in total. The fourth-order valence-corrected chi connectivity index (χ4v) is 2.54. The Kier molecular flexibility index (Phi) is 5.62. The highest BCUT2D eigenvalue weighted by Gasteiger charge is 2.07. The number of halogens is 1. The van der Waals surface area contributed by atoms with Crippen LogP contribution < -0.4 is 5.32 Å². The molecule has 0 aromatic heterocycles. The molecule has 0 saturated carbocycles. The van der Waals surface area contributed by atoms with E-state index >= 15 is 0 Å². The molecule has 1 atom stereocenters. The Morgan fingerprint density at radius 1 is 1.15 bits per heavy atom. The molecule has 0 aliphatic carbocycles. The average Bonchev–Trinajstić information content (AvgIpc) is 2.46. The van der Waals surface area contributed by atoms with Crippen molar-refractivity contribution in [3.05, 3.63) is 64.1 Å². The number of nitrogens with one attached hydrogen (secondary N) is 1. The van der Waals surface area contributed by atoms with Gasteiger partial charge in [-0.2, -0.15) is 0 Å². The molecule has 106 valence electrons. The smallest absolute Gasteiger partial charge is 0.0962 e. The molecule has 1 unspecified atom stereocenters. The van der Waals surface area contributed by atoms with Crippen LogP contribution in [-0.4, -0.2) is 11.7 Å². The minimum Gasteiger partial charge on any atom is -0.387 e. The molecule has 0 spiro atoms. The third-order valence-electron chi connectivity index (χ3n) is 3.23. The zero-order chi connectivity index (χ0) is 14.4. The number of hydrogen-bond acceptors (Lipinski definition) is 2. The van der Waals surface area contributed by atoms with E-state index in [9.17, 15) is 5.11 Å². The summed E-state index contributed by atoms with van der Waals surface area (Å²) in [5.41, 5.74) is 3.30. The topological polar surface area (TPSA) is 32.3 Å². The number of aryl methyl sites for hydroxylation is 1. The van der Waals surface area contributed by atoms with E-state index in [4.69, 9.17) is 0 Å². The lowest BCUT2D eigenvalue weighted by Gasteiger charge is -2.14. The van der Waals surface area contributed by atoms with E-state index in [0.29, 0.717) is 6.54 Å². The summed E-state index contributed by atoms with van der Waals surface area (Å²) in [6.45, 7) is 2.68. The highest BCUT2D eigenvalue weighted by Crippen LogP contribution is 2.19. The maximum atomic E-state index is 10.2. The first-order valence-corrected chi connectivity index (χ1v) is 7.74. The average molecular weight is 334 g/mol. The Morgan fingerprint density at radius 2 is 1.90 bits per heavy atom. The van der Waals surface area contributed by atoms with Crippen molar-refractivity contribution in [2.75, 3.05) is 11.9 Å². The molecular weight excluding hydrogens is 314 g/mol. The largest absolute Gasteiger partial charge is 0.387 e. The van der Waals surface area contributed by atoms with Crippen LogP contribution in [-0.2, 0) is 6.42 Å². The zero-order valence-corrected chi connectivity index (χ0v) is 13.2. The lowest BCUT2D eigenvalue weighted by atomic mass is 10.1. The van der Waals surface area contributed by atoms with E-state index in [-0.39, 0.29) is 0 Å². The van der Waals surface area contributed by atoms with Crippen molar-refractivity contribution in [2.24, 2.45) is 0 Å². The number of anilines is 1. The van der Waals surface area contributed by atoms with Crippen LogP contribution in [0.25, 0.3) is 0 Å². The van der Waals surface area contributed by atoms with Crippen molar-refractivity contribution in [2.45, 2.75) is 25.9 Å². The quantitative estimate of drug-likeness (QED) is 0.812. The van der Waals surface area contributed by atoms with Gasteiger partial charge in [0.05, 0.1) is 6.10 Å². The molecule has 2 nitrogen and oxygen atoms in total. The molecule has 0 radical (unpaired) electrons. The Hall–Kier alpha value is -1.32. The number of benzene rings is 2. The molecule has 0 fully saturated rings. The third-order valence-corrected chi connectivity index (χ3v) is 3.72. The Balaban J connectivity index is 1.91. The molecule has 20 heavy (non-hydrogen) atoms. The molecular formula is C17H20BrNO. The molecule has 0 heterocycles. The van der Waals surface area contributed by atoms with Gasteiger partial charge in [-0.1, -0.05) is 53.5 Å². The fraction of sp³-hybridized carbons (Fsp3) is 0.294. The first-order valence-electron chi connectivity index (χ1n) is 6.95. The van der Waals surface area contributed by atoms with Gasteiger partial charge >= 0.3 is 0 Å². The first-order chi connectivity index (χ1) is 9.69. The van der Waals surface area contributed by atoms with Crippen molar-refractivity contribution in [3.8, 4) is 0 Å². The van der Waals surface area contributed by atoms with Gasteiger partial charge in [0, 0.05) is 16.7 Å². The van der Waals surface area contributed by atoms with Gasteiger partial charge in [0.1, 0.15) is 0 Å². The second kappa shape index (κ2) is 7.46. The molecule has 0 amide bonds. The van der Waals surface area contributed by atoms with Crippen LogP contribution in [0.4, 0.5) is 5.69 Å². The molecule has 3 heteroatoms. The van der Waals surface area contributed by atoms with Crippen LogP contribution in [0.1, 0.15) is 30.6 Å². The van der Waals surface area contributed by atoms with E-state index in [1.165, 1.54) is 5.56 Å². The van der Waals surface area contributed by atoms with Crippen LogP contribution >= 0.6 is 15.9 Å². The van der Waals surface area contributed by atoms with Gasteiger partial charge in [-0.25, -0.2) is 0 Å². The summed E-state index contributed by atoms with van der Waals surface area (Å²) in [6.07, 6.45) is 1.76. The van der Waals surface area contributed by atoms with Crippen molar-refractivity contribution >= 4 is 21.6 Å². The normalized spacial score (nSPS) is 12.2. The Bertz CT molecular complexity index is 539. The zero-order valence-electron chi connectivity index (χ0n) is 11.6. The van der Waals surface area contributed by atoms with Gasteiger partial charge in [-0.05, 0) is 41.8 Å². The minimum atomic E-state index is -0.511. The molecule has 0 aliphatic rings. The van der Waals surface area contributed by atoms with Crippen molar-refractivity contribution in [1.29, 1.82) is 0 Å². The SMILES string of the molecule is CCCc1ccc(NCC(O)c2cccc(Br)c2)cc1. The van der Waals surface area contributed by atoms with E-state index < -0.39 is 6.10 Å². The van der Waals surface area contributed by atoms with Gasteiger partial charge in [0.2, 0.25) is 0 Å². The van der Waals surface area contributed by atoms with Crippen LogP contribution in [0.3, 0.4) is 0 Å². The van der Waals surface area contributed by atoms with E-state index in [1.54, 1.807) is 0 Å². The predicted octanol–water partition coefficient (Wildman–Crippen LogP) is 4.55. The molecule has 2 aromatic carbocycles. The highest BCUT2D eigenvalue weighted by molar-refractivity contribution is 9.10. The Labute approximate surface area is 129 Å². The number of aliphatic hydroxyl groups excluding tert-OH is 1.